The summed E-state index contributed by atoms with van der Waals surface area (Å²) in [6.45, 7) is 0. The molecule has 0 atom stereocenters. The van der Waals surface area contributed by atoms with Gasteiger partial charge >= 0.3 is 6.36 Å². The summed E-state index contributed by atoms with van der Waals surface area (Å²) in [5.41, 5.74) is 6.16. The Morgan fingerprint density at radius 1 is 1.05 bits per heavy atom. The summed E-state index contributed by atoms with van der Waals surface area (Å²) in [6, 6.07) is 6.83. The van der Waals surface area contributed by atoms with Crippen LogP contribution in [0.1, 0.15) is 12.8 Å². The highest BCUT2D eigenvalue weighted by Gasteiger charge is 2.32. The molecule has 0 fully saturated rings. The molecule has 102 valence electrons. The first kappa shape index (κ1) is 13.3. The van der Waals surface area contributed by atoms with Crippen LogP contribution in [0.15, 0.2) is 47.9 Å². The zero-order valence-electron chi connectivity index (χ0n) is 9.91. The molecular weight excluding hydrogens is 259 g/mol. The fraction of sp³-hybridized carbons (Fsp3) is 0.231. The number of nitrogens with two attached hydrogens (primary N) is 1. The van der Waals surface area contributed by atoms with Crippen molar-refractivity contribution in [2.45, 2.75) is 19.2 Å². The SMILES string of the molecule is Nc1cccc(OC2=CC=C(OC(F)(F)F)CC2)c1. The standard InChI is InChI=1S/C13H12F3NO2/c14-13(15,16)19-11-6-4-10(5-7-11)18-12-3-1-2-9(17)8-12/h1-4,6,8H,5,7,17H2. The number of halogens is 3. The zero-order valence-corrected chi connectivity index (χ0v) is 9.91. The Balaban J connectivity index is 2.00. The van der Waals surface area contributed by atoms with Gasteiger partial charge in [0.2, 0.25) is 0 Å². The number of benzene rings is 1. The summed E-state index contributed by atoms with van der Waals surface area (Å²) >= 11 is 0. The Kier molecular flexibility index (Phi) is 3.69. The van der Waals surface area contributed by atoms with Gasteiger partial charge in [0.15, 0.2) is 0 Å². The quantitative estimate of drug-likeness (QED) is 0.851. The first-order valence-corrected chi connectivity index (χ1v) is 5.61. The number of anilines is 1. The largest absolute Gasteiger partial charge is 0.572 e. The number of hydrogen-bond donors (Lipinski definition) is 1. The monoisotopic (exact) mass is 271 g/mol. The van der Waals surface area contributed by atoms with Gasteiger partial charge < -0.3 is 15.2 Å². The first-order chi connectivity index (χ1) is 8.92. The number of alkyl halides is 3. The van der Waals surface area contributed by atoms with Crippen LogP contribution in [0.4, 0.5) is 18.9 Å². The summed E-state index contributed by atoms with van der Waals surface area (Å²) in [4.78, 5) is 0. The highest BCUT2D eigenvalue weighted by atomic mass is 19.4. The van der Waals surface area contributed by atoms with Crippen molar-refractivity contribution in [2.75, 3.05) is 5.73 Å². The molecular formula is C13H12F3NO2. The molecule has 2 N–H and O–H groups in total. The summed E-state index contributed by atoms with van der Waals surface area (Å²) in [5, 5.41) is 0. The van der Waals surface area contributed by atoms with Crippen molar-refractivity contribution in [2.24, 2.45) is 0 Å². The number of allylic oxidation sites excluding steroid dienone is 4. The topological polar surface area (TPSA) is 44.5 Å². The Hall–Kier alpha value is -2.11. The van der Waals surface area contributed by atoms with E-state index in [1.807, 2.05) is 0 Å². The molecule has 1 aliphatic carbocycles. The van der Waals surface area contributed by atoms with Gasteiger partial charge in [-0.05, 0) is 24.3 Å². The van der Waals surface area contributed by atoms with Crippen molar-refractivity contribution in [3.63, 3.8) is 0 Å². The average molecular weight is 271 g/mol. The van der Waals surface area contributed by atoms with Gasteiger partial charge in [0.25, 0.3) is 0 Å². The van der Waals surface area contributed by atoms with E-state index < -0.39 is 6.36 Å². The molecule has 0 amide bonds. The van der Waals surface area contributed by atoms with Crippen molar-refractivity contribution in [3.05, 3.63) is 47.9 Å². The van der Waals surface area contributed by atoms with E-state index in [-0.39, 0.29) is 12.2 Å². The van der Waals surface area contributed by atoms with Gasteiger partial charge in [-0.1, -0.05) is 6.07 Å². The van der Waals surface area contributed by atoms with Gasteiger partial charge in [-0.25, -0.2) is 0 Å². The summed E-state index contributed by atoms with van der Waals surface area (Å²) in [6.07, 6.45) is -1.43. The normalized spacial score (nSPS) is 15.5. The van der Waals surface area contributed by atoms with Crippen molar-refractivity contribution in [3.8, 4) is 5.75 Å². The lowest BCUT2D eigenvalue weighted by Crippen LogP contribution is -2.14. The molecule has 1 aromatic rings. The van der Waals surface area contributed by atoms with Crippen molar-refractivity contribution >= 4 is 5.69 Å². The van der Waals surface area contributed by atoms with Crippen LogP contribution >= 0.6 is 0 Å². The van der Waals surface area contributed by atoms with Crippen LogP contribution in [-0.4, -0.2) is 6.36 Å². The minimum absolute atomic E-state index is 0.118. The predicted octanol–water partition coefficient (Wildman–Crippen LogP) is 3.75. The molecule has 2 rings (SSSR count). The summed E-state index contributed by atoms with van der Waals surface area (Å²) in [5.74, 6) is 1.01. The van der Waals surface area contributed by atoms with Crippen molar-refractivity contribution in [1.29, 1.82) is 0 Å². The molecule has 3 nitrogen and oxygen atoms in total. The van der Waals surface area contributed by atoms with E-state index in [1.165, 1.54) is 12.2 Å². The fourth-order valence-corrected chi connectivity index (χ4v) is 1.65. The van der Waals surface area contributed by atoms with Gasteiger partial charge in [-0.15, -0.1) is 13.2 Å². The molecule has 0 aromatic heterocycles. The van der Waals surface area contributed by atoms with Gasteiger partial charge in [0.05, 0.1) is 0 Å². The molecule has 0 radical (unpaired) electrons. The van der Waals surface area contributed by atoms with E-state index in [0.717, 1.165) is 0 Å². The van der Waals surface area contributed by atoms with Crippen LogP contribution in [0.3, 0.4) is 0 Å². The number of ether oxygens (including phenoxy) is 2. The third kappa shape index (κ3) is 4.24. The van der Waals surface area contributed by atoms with Gasteiger partial charge in [-0.2, -0.15) is 0 Å². The lowest BCUT2D eigenvalue weighted by Gasteiger charge is -2.17. The maximum absolute atomic E-state index is 12.0. The molecule has 0 spiro atoms. The van der Waals surface area contributed by atoms with E-state index in [0.29, 0.717) is 23.6 Å². The lowest BCUT2D eigenvalue weighted by atomic mass is 10.1. The van der Waals surface area contributed by atoms with Gasteiger partial charge in [-0.3, -0.25) is 0 Å². The molecule has 0 bridgehead atoms. The number of nitrogen functional groups attached to an aromatic ring is 1. The predicted molar refractivity (Wildman–Crippen MR) is 64.0 cm³/mol. The second-order valence-corrected chi connectivity index (χ2v) is 3.99. The summed E-state index contributed by atoms with van der Waals surface area (Å²) < 4.78 is 45.4. The summed E-state index contributed by atoms with van der Waals surface area (Å²) in [7, 11) is 0. The zero-order chi connectivity index (χ0) is 13.9. The van der Waals surface area contributed by atoms with Crippen LogP contribution in [0.2, 0.25) is 0 Å². The smallest absolute Gasteiger partial charge is 0.462 e. The highest BCUT2D eigenvalue weighted by Crippen LogP contribution is 2.28. The van der Waals surface area contributed by atoms with E-state index >= 15 is 0 Å². The Bertz CT molecular complexity index is 521. The molecule has 0 unspecified atom stereocenters. The molecule has 19 heavy (non-hydrogen) atoms. The molecule has 0 aliphatic heterocycles. The maximum atomic E-state index is 12.0. The van der Waals surface area contributed by atoms with E-state index in [9.17, 15) is 13.2 Å². The molecule has 0 saturated heterocycles. The second-order valence-electron chi connectivity index (χ2n) is 3.99. The first-order valence-electron chi connectivity index (χ1n) is 5.61. The molecule has 0 saturated carbocycles. The molecule has 0 heterocycles. The van der Waals surface area contributed by atoms with E-state index in [4.69, 9.17) is 10.5 Å². The minimum atomic E-state index is -4.65. The molecule has 1 aliphatic rings. The van der Waals surface area contributed by atoms with Crippen LogP contribution < -0.4 is 10.5 Å². The Morgan fingerprint density at radius 2 is 1.74 bits per heavy atom. The second kappa shape index (κ2) is 5.26. The molecule has 6 heteroatoms. The van der Waals surface area contributed by atoms with Crippen LogP contribution in [0, 0.1) is 0 Å². The minimum Gasteiger partial charge on any atom is -0.462 e. The number of hydrogen-bond acceptors (Lipinski definition) is 3. The average Bonchev–Trinajstić information content (AvgIpc) is 2.30. The lowest BCUT2D eigenvalue weighted by molar-refractivity contribution is -0.306. The molecule has 1 aromatic carbocycles. The fourth-order valence-electron chi connectivity index (χ4n) is 1.65. The van der Waals surface area contributed by atoms with Crippen LogP contribution in [0.25, 0.3) is 0 Å². The van der Waals surface area contributed by atoms with Crippen molar-refractivity contribution in [1.82, 2.24) is 0 Å². The Labute approximate surface area is 108 Å². The maximum Gasteiger partial charge on any atom is 0.572 e. The highest BCUT2D eigenvalue weighted by molar-refractivity contribution is 5.44. The third-order valence-corrected chi connectivity index (χ3v) is 2.43. The van der Waals surface area contributed by atoms with Crippen molar-refractivity contribution < 1.29 is 22.6 Å². The van der Waals surface area contributed by atoms with Gasteiger partial charge in [0.1, 0.15) is 17.3 Å². The Morgan fingerprint density at radius 3 is 2.32 bits per heavy atom. The van der Waals surface area contributed by atoms with Crippen LogP contribution in [0.5, 0.6) is 5.75 Å². The third-order valence-electron chi connectivity index (χ3n) is 2.43. The van der Waals surface area contributed by atoms with Gasteiger partial charge in [0, 0.05) is 24.6 Å². The van der Waals surface area contributed by atoms with E-state index in [2.05, 4.69) is 4.74 Å². The number of rotatable bonds is 3. The van der Waals surface area contributed by atoms with E-state index in [1.54, 1.807) is 24.3 Å². The van der Waals surface area contributed by atoms with Crippen LogP contribution in [-0.2, 0) is 4.74 Å².